The molecule has 0 aliphatic rings. The molecule has 3 aromatic rings. The van der Waals surface area contributed by atoms with Crippen molar-refractivity contribution in [2.75, 3.05) is 0 Å². The van der Waals surface area contributed by atoms with Crippen LogP contribution < -0.4 is 0 Å². The quantitative estimate of drug-likeness (QED) is 0.646. The Kier molecular flexibility index (Phi) is 4.34. The maximum atomic E-state index is 11.9. The molecule has 0 fully saturated rings. The molecule has 3 rings (SSSR count). The van der Waals surface area contributed by atoms with Crippen molar-refractivity contribution in [3.8, 4) is 11.3 Å². The van der Waals surface area contributed by atoms with E-state index in [1.54, 1.807) is 30.5 Å². The zero-order valence-corrected chi connectivity index (χ0v) is 13.1. The number of ether oxygens (including phenoxy) is 1. The van der Waals surface area contributed by atoms with Crippen LogP contribution in [0, 0.1) is 0 Å². The number of hydrogen-bond acceptors (Lipinski definition) is 4. The fourth-order valence-corrected chi connectivity index (χ4v) is 2.17. The predicted molar refractivity (Wildman–Crippen MR) is 85.2 cm³/mol. The number of carbonyl (C=O) groups excluding carboxylic acids is 1. The number of halogens is 1. The Morgan fingerprint density at radius 2 is 1.82 bits per heavy atom. The van der Waals surface area contributed by atoms with E-state index < -0.39 is 5.97 Å². The van der Waals surface area contributed by atoms with Crippen LogP contribution in [0.3, 0.4) is 0 Å². The van der Waals surface area contributed by atoms with E-state index in [1.807, 2.05) is 30.3 Å². The highest BCUT2D eigenvalue weighted by atomic mass is 79.9. The van der Waals surface area contributed by atoms with E-state index in [-0.39, 0.29) is 6.61 Å². The lowest BCUT2D eigenvalue weighted by molar-refractivity contribution is 0.0439. The lowest BCUT2D eigenvalue weighted by atomic mass is 10.2. The van der Waals surface area contributed by atoms with Crippen molar-refractivity contribution >= 4 is 21.9 Å². The van der Waals surface area contributed by atoms with Crippen LogP contribution in [0.15, 0.2) is 69.7 Å². The molecule has 5 heteroatoms. The van der Waals surface area contributed by atoms with Gasteiger partial charge in [0, 0.05) is 10.0 Å². The molecular formula is C17H12BrNO3. The standard InChI is InChI=1S/C17H12BrNO3/c18-14-8-6-13(7-9-14)17(20)21-11-16-19-10-15(22-16)12-4-2-1-3-5-12/h1-10H,11H2. The Morgan fingerprint density at radius 1 is 1.09 bits per heavy atom. The van der Waals surface area contributed by atoms with Crippen molar-refractivity contribution in [3.05, 3.63) is 76.7 Å². The normalized spacial score (nSPS) is 10.4. The minimum absolute atomic E-state index is 0.00172. The van der Waals surface area contributed by atoms with Crippen molar-refractivity contribution < 1.29 is 13.9 Å². The van der Waals surface area contributed by atoms with Gasteiger partial charge in [-0.05, 0) is 24.3 Å². The number of oxazole rings is 1. The molecule has 0 amide bonds. The Hall–Kier alpha value is -2.40. The molecule has 4 nitrogen and oxygen atoms in total. The summed E-state index contributed by atoms with van der Waals surface area (Å²) in [4.78, 5) is 16.0. The predicted octanol–water partition coefficient (Wildman–Crippen LogP) is 4.46. The fourth-order valence-electron chi connectivity index (χ4n) is 1.91. The average Bonchev–Trinajstić information content (AvgIpc) is 3.03. The van der Waals surface area contributed by atoms with E-state index in [9.17, 15) is 4.79 Å². The molecule has 110 valence electrons. The molecular weight excluding hydrogens is 346 g/mol. The maximum absolute atomic E-state index is 11.9. The minimum atomic E-state index is -0.410. The molecule has 0 aliphatic heterocycles. The van der Waals surface area contributed by atoms with Gasteiger partial charge in [0.1, 0.15) is 0 Å². The van der Waals surface area contributed by atoms with Gasteiger partial charge in [-0.2, -0.15) is 0 Å². The van der Waals surface area contributed by atoms with Crippen molar-refractivity contribution in [1.82, 2.24) is 4.98 Å². The van der Waals surface area contributed by atoms with Crippen LogP contribution in [-0.4, -0.2) is 11.0 Å². The van der Waals surface area contributed by atoms with Crippen molar-refractivity contribution in [1.29, 1.82) is 0 Å². The summed E-state index contributed by atoms with van der Waals surface area (Å²) in [6.07, 6.45) is 1.62. The van der Waals surface area contributed by atoms with Crippen molar-refractivity contribution in [3.63, 3.8) is 0 Å². The molecule has 1 aromatic heterocycles. The summed E-state index contributed by atoms with van der Waals surface area (Å²) in [6, 6.07) is 16.6. The number of aromatic nitrogens is 1. The minimum Gasteiger partial charge on any atom is -0.452 e. The van der Waals surface area contributed by atoms with Crippen LogP contribution in [0.1, 0.15) is 16.2 Å². The second kappa shape index (κ2) is 6.58. The highest BCUT2D eigenvalue weighted by molar-refractivity contribution is 9.10. The first-order valence-corrected chi connectivity index (χ1v) is 7.44. The van der Waals surface area contributed by atoms with Gasteiger partial charge in [-0.3, -0.25) is 0 Å². The summed E-state index contributed by atoms with van der Waals surface area (Å²) < 4.78 is 11.7. The Balaban J connectivity index is 1.64. The fraction of sp³-hybridized carbons (Fsp3) is 0.0588. The van der Waals surface area contributed by atoms with Gasteiger partial charge in [-0.15, -0.1) is 0 Å². The van der Waals surface area contributed by atoms with Crippen molar-refractivity contribution in [2.45, 2.75) is 6.61 Å². The van der Waals surface area contributed by atoms with Crippen LogP contribution in [0.2, 0.25) is 0 Å². The second-order valence-electron chi connectivity index (χ2n) is 4.57. The third kappa shape index (κ3) is 3.43. The summed E-state index contributed by atoms with van der Waals surface area (Å²) in [5.41, 5.74) is 1.42. The lowest BCUT2D eigenvalue weighted by Crippen LogP contribution is -2.05. The molecule has 0 atom stereocenters. The molecule has 22 heavy (non-hydrogen) atoms. The van der Waals surface area contributed by atoms with E-state index >= 15 is 0 Å². The number of hydrogen-bond donors (Lipinski definition) is 0. The highest BCUT2D eigenvalue weighted by Crippen LogP contribution is 2.20. The van der Waals surface area contributed by atoms with Gasteiger partial charge in [0.15, 0.2) is 12.4 Å². The van der Waals surface area contributed by atoms with Crippen LogP contribution in [0.5, 0.6) is 0 Å². The molecule has 0 bridgehead atoms. The van der Waals surface area contributed by atoms with Crippen LogP contribution in [0.4, 0.5) is 0 Å². The molecule has 1 heterocycles. The zero-order chi connectivity index (χ0) is 15.4. The molecule has 0 radical (unpaired) electrons. The van der Waals surface area contributed by atoms with Gasteiger partial charge in [0.25, 0.3) is 0 Å². The Morgan fingerprint density at radius 3 is 2.55 bits per heavy atom. The zero-order valence-electron chi connectivity index (χ0n) is 11.5. The van der Waals surface area contributed by atoms with Gasteiger partial charge < -0.3 is 9.15 Å². The number of esters is 1. The lowest BCUT2D eigenvalue weighted by Gasteiger charge is -2.02. The van der Waals surface area contributed by atoms with Gasteiger partial charge in [0.05, 0.1) is 11.8 Å². The number of nitrogens with zero attached hydrogens (tertiary/aromatic N) is 1. The third-order valence-electron chi connectivity index (χ3n) is 3.02. The summed E-state index contributed by atoms with van der Waals surface area (Å²) in [6.45, 7) is 0.00172. The smallest absolute Gasteiger partial charge is 0.338 e. The Labute approximate surface area is 135 Å². The average molecular weight is 358 g/mol. The first-order valence-electron chi connectivity index (χ1n) is 6.65. The Bertz CT molecular complexity index is 766. The van der Waals surface area contributed by atoms with E-state index in [0.717, 1.165) is 10.0 Å². The first-order chi connectivity index (χ1) is 10.7. The van der Waals surface area contributed by atoms with E-state index in [4.69, 9.17) is 9.15 Å². The molecule has 0 spiro atoms. The van der Waals surface area contributed by atoms with E-state index in [1.165, 1.54) is 0 Å². The van der Waals surface area contributed by atoms with Gasteiger partial charge in [-0.1, -0.05) is 46.3 Å². The molecule has 0 N–H and O–H groups in total. The second-order valence-corrected chi connectivity index (χ2v) is 5.48. The maximum Gasteiger partial charge on any atom is 0.338 e. The first kappa shape index (κ1) is 14.5. The summed E-state index contributed by atoms with van der Waals surface area (Å²) in [5.74, 6) is 0.603. The molecule has 0 saturated heterocycles. The van der Waals surface area contributed by atoms with Crippen LogP contribution in [-0.2, 0) is 11.3 Å². The number of carbonyl (C=O) groups is 1. The molecule has 0 saturated carbocycles. The molecule has 0 aliphatic carbocycles. The third-order valence-corrected chi connectivity index (χ3v) is 3.55. The summed E-state index contributed by atoms with van der Waals surface area (Å²) in [5, 5.41) is 0. The van der Waals surface area contributed by atoms with Crippen LogP contribution >= 0.6 is 15.9 Å². The van der Waals surface area contributed by atoms with Crippen molar-refractivity contribution in [2.24, 2.45) is 0 Å². The number of benzene rings is 2. The largest absolute Gasteiger partial charge is 0.452 e. The van der Waals surface area contributed by atoms with Gasteiger partial charge in [-0.25, -0.2) is 9.78 Å². The SMILES string of the molecule is O=C(OCc1ncc(-c2ccccc2)o1)c1ccc(Br)cc1. The molecule has 0 unspecified atom stereocenters. The van der Waals surface area contributed by atoms with Gasteiger partial charge >= 0.3 is 5.97 Å². The van der Waals surface area contributed by atoms with Gasteiger partial charge in [0.2, 0.25) is 5.89 Å². The molecule has 2 aromatic carbocycles. The highest BCUT2D eigenvalue weighted by Gasteiger charge is 2.11. The summed E-state index contributed by atoms with van der Waals surface area (Å²) >= 11 is 3.32. The topological polar surface area (TPSA) is 52.3 Å². The van der Waals surface area contributed by atoms with Crippen LogP contribution in [0.25, 0.3) is 11.3 Å². The summed E-state index contributed by atoms with van der Waals surface area (Å²) in [7, 11) is 0. The monoisotopic (exact) mass is 357 g/mol. The van der Waals surface area contributed by atoms with E-state index in [2.05, 4.69) is 20.9 Å². The van der Waals surface area contributed by atoms with E-state index in [0.29, 0.717) is 17.2 Å². The number of rotatable bonds is 4.